The van der Waals surface area contributed by atoms with E-state index in [-0.39, 0.29) is 29.9 Å². The van der Waals surface area contributed by atoms with Crippen LogP contribution in [0.2, 0.25) is 0 Å². The molecule has 0 aromatic carbocycles. The molecule has 0 aromatic rings. The molecule has 5 heteroatoms. The highest BCUT2D eigenvalue weighted by atomic mass is 16.5. The largest absolute Gasteiger partial charge is 0.481 e. The highest BCUT2D eigenvalue weighted by Crippen LogP contribution is 2.48. The van der Waals surface area contributed by atoms with Crippen molar-refractivity contribution in [2.45, 2.75) is 57.6 Å². The molecular weight excluding hydrogens is 270 g/mol. The minimum atomic E-state index is -0.754. The zero-order valence-corrected chi connectivity index (χ0v) is 12.6. The first-order valence-corrected chi connectivity index (χ1v) is 8.18. The van der Waals surface area contributed by atoms with Crippen LogP contribution >= 0.6 is 0 Å². The van der Waals surface area contributed by atoms with Crippen LogP contribution in [0.5, 0.6) is 0 Å². The lowest BCUT2D eigenvalue weighted by atomic mass is 9.84. The Hall–Kier alpha value is -1.10. The number of hydrogen-bond donors (Lipinski definition) is 2. The predicted octanol–water partition coefficient (Wildman–Crippen LogP) is 1.81. The summed E-state index contributed by atoms with van der Waals surface area (Å²) < 4.78 is 5.68. The average molecular weight is 295 g/mol. The number of ether oxygens (including phenoxy) is 1. The van der Waals surface area contributed by atoms with E-state index >= 15 is 0 Å². The molecule has 0 unspecified atom stereocenters. The number of aliphatic carboxylic acids is 1. The number of carbonyl (C=O) groups is 2. The first-order chi connectivity index (χ1) is 10.0. The number of fused-ring (bicyclic) bond motifs is 2. The van der Waals surface area contributed by atoms with Crippen LogP contribution in [-0.2, 0) is 14.3 Å². The second kappa shape index (κ2) is 5.95. The Balaban J connectivity index is 1.53. The molecule has 1 aliphatic heterocycles. The molecule has 5 nitrogen and oxygen atoms in total. The summed E-state index contributed by atoms with van der Waals surface area (Å²) in [5, 5.41) is 12.4. The highest BCUT2D eigenvalue weighted by Gasteiger charge is 2.51. The first kappa shape index (κ1) is 14.8. The van der Waals surface area contributed by atoms with Crippen LogP contribution in [0.3, 0.4) is 0 Å². The van der Waals surface area contributed by atoms with Gasteiger partial charge in [0.25, 0.3) is 0 Å². The number of hydrogen-bond acceptors (Lipinski definition) is 3. The normalized spacial score (nSPS) is 42.0. The maximum atomic E-state index is 12.2. The van der Waals surface area contributed by atoms with E-state index in [0.29, 0.717) is 18.3 Å². The van der Waals surface area contributed by atoms with Crippen LogP contribution in [0.25, 0.3) is 0 Å². The van der Waals surface area contributed by atoms with Crippen LogP contribution in [-0.4, -0.2) is 35.7 Å². The Morgan fingerprint density at radius 3 is 2.62 bits per heavy atom. The minimum absolute atomic E-state index is 0.00284. The van der Waals surface area contributed by atoms with Gasteiger partial charge in [-0.2, -0.15) is 0 Å². The van der Waals surface area contributed by atoms with Gasteiger partial charge in [-0.15, -0.1) is 0 Å². The summed E-state index contributed by atoms with van der Waals surface area (Å²) >= 11 is 0. The number of carbonyl (C=O) groups excluding carboxylic acids is 1. The summed E-state index contributed by atoms with van der Waals surface area (Å²) in [6, 6.07) is -0.170. The van der Waals surface area contributed by atoms with Gasteiger partial charge in [-0.1, -0.05) is 6.92 Å². The van der Waals surface area contributed by atoms with Gasteiger partial charge in [0.2, 0.25) is 5.91 Å². The summed E-state index contributed by atoms with van der Waals surface area (Å²) in [5.74, 6) is -0.00298. The molecule has 2 bridgehead atoms. The lowest BCUT2D eigenvalue weighted by Crippen LogP contribution is -2.47. The lowest BCUT2D eigenvalue weighted by Gasteiger charge is -2.30. The predicted molar refractivity (Wildman–Crippen MR) is 76.6 cm³/mol. The summed E-state index contributed by atoms with van der Waals surface area (Å²) in [7, 11) is 0. The molecule has 0 aromatic heterocycles. The van der Waals surface area contributed by atoms with E-state index in [2.05, 4.69) is 12.2 Å². The topological polar surface area (TPSA) is 75.6 Å². The van der Waals surface area contributed by atoms with Crippen molar-refractivity contribution in [3.05, 3.63) is 0 Å². The second-order valence-electron chi connectivity index (χ2n) is 7.13. The maximum absolute atomic E-state index is 12.2. The first-order valence-electron chi connectivity index (χ1n) is 8.18. The molecule has 0 spiro atoms. The SMILES string of the molecule is C[C@@H]1CC[C@@H](CC(=O)N[C@H]2[C@@H]3CC[C@@H](C3)[C@H]2C(=O)O)OC1. The van der Waals surface area contributed by atoms with E-state index in [9.17, 15) is 14.7 Å². The Bertz CT molecular complexity index is 417. The minimum Gasteiger partial charge on any atom is -0.481 e. The van der Waals surface area contributed by atoms with E-state index in [4.69, 9.17) is 4.74 Å². The zero-order chi connectivity index (χ0) is 15.0. The fourth-order valence-corrected chi connectivity index (χ4v) is 4.40. The molecule has 118 valence electrons. The van der Waals surface area contributed by atoms with E-state index in [1.807, 2.05) is 0 Å². The molecule has 3 fully saturated rings. The van der Waals surface area contributed by atoms with Gasteiger partial charge in [0.05, 0.1) is 18.4 Å². The van der Waals surface area contributed by atoms with Crippen LogP contribution in [0.4, 0.5) is 0 Å². The van der Waals surface area contributed by atoms with Crippen LogP contribution < -0.4 is 5.32 Å². The van der Waals surface area contributed by atoms with Gasteiger partial charge in [-0.05, 0) is 49.9 Å². The van der Waals surface area contributed by atoms with E-state index in [1.165, 1.54) is 0 Å². The molecule has 21 heavy (non-hydrogen) atoms. The van der Waals surface area contributed by atoms with Crippen molar-refractivity contribution in [3.8, 4) is 0 Å². The molecule has 1 saturated heterocycles. The summed E-state index contributed by atoms with van der Waals surface area (Å²) in [5.41, 5.74) is 0. The second-order valence-corrected chi connectivity index (χ2v) is 7.13. The maximum Gasteiger partial charge on any atom is 0.308 e. The monoisotopic (exact) mass is 295 g/mol. The Kier molecular flexibility index (Phi) is 4.20. The van der Waals surface area contributed by atoms with Gasteiger partial charge in [0.15, 0.2) is 0 Å². The van der Waals surface area contributed by atoms with Crippen LogP contribution in [0.15, 0.2) is 0 Å². The van der Waals surface area contributed by atoms with Crippen LogP contribution in [0.1, 0.15) is 45.4 Å². The van der Waals surface area contributed by atoms with Gasteiger partial charge in [0.1, 0.15) is 0 Å². The smallest absolute Gasteiger partial charge is 0.308 e. The van der Waals surface area contributed by atoms with Crippen molar-refractivity contribution in [3.63, 3.8) is 0 Å². The fourth-order valence-electron chi connectivity index (χ4n) is 4.40. The van der Waals surface area contributed by atoms with Crippen LogP contribution in [0, 0.1) is 23.7 Å². The molecule has 3 aliphatic rings. The Morgan fingerprint density at radius 1 is 1.19 bits per heavy atom. The third kappa shape index (κ3) is 3.07. The van der Waals surface area contributed by atoms with Crippen molar-refractivity contribution in [1.82, 2.24) is 5.32 Å². The summed E-state index contributed by atoms with van der Waals surface area (Å²) in [4.78, 5) is 23.6. The molecule has 2 saturated carbocycles. The molecule has 1 amide bonds. The van der Waals surface area contributed by atoms with Crippen molar-refractivity contribution in [2.24, 2.45) is 23.7 Å². The molecule has 3 rings (SSSR count). The molecule has 2 aliphatic carbocycles. The zero-order valence-electron chi connectivity index (χ0n) is 12.6. The standard InChI is InChI=1S/C16H25NO4/c1-9-2-5-12(21-8-9)7-13(18)17-15-11-4-3-10(6-11)14(15)16(19)20/h9-12,14-15H,2-8H2,1H3,(H,17,18)(H,19,20)/t9-,10+,11-,12+,14-,15+/m1/s1. The molecule has 1 heterocycles. The highest BCUT2D eigenvalue weighted by molar-refractivity contribution is 5.79. The number of nitrogens with one attached hydrogen (secondary N) is 1. The van der Waals surface area contributed by atoms with E-state index in [0.717, 1.165) is 38.7 Å². The molecule has 2 N–H and O–H groups in total. The average Bonchev–Trinajstić information content (AvgIpc) is 3.02. The number of rotatable bonds is 4. The van der Waals surface area contributed by atoms with Gasteiger partial charge < -0.3 is 15.2 Å². The third-order valence-electron chi connectivity index (χ3n) is 5.54. The van der Waals surface area contributed by atoms with Gasteiger partial charge in [-0.3, -0.25) is 9.59 Å². The molecule has 0 radical (unpaired) electrons. The Morgan fingerprint density at radius 2 is 1.95 bits per heavy atom. The fraction of sp³-hybridized carbons (Fsp3) is 0.875. The molecule has 6 atom stereocenters. The quantitative estimate of drug-likeness (QED) is 0.829. The number of carboxylic acids is 1. The van der Waals surface area contributed by atoms with Crippen molar-refractivity contribution in [1.29, 1.82) is 0 Å². The lowest BCUT2D eigenvalue weighted by molar-refractivity contribution is -0.144. The number of amides is 1. The van der Waals surface area contributed by atoms with Crippen molar-refractivity contribution in [2.75, 3.05) is 6.61 Å². The number of carboxylic acid groups (broad SMARTS) is 1. The van der Waals surface area contributed by atoms with Gasteiger partial charge >= 0.3 is 5.97 Å². The van der Waals surface area contributed by atoms with Gasteiger partial charge in [-0.25, -0.2) is 0 Å². The third-order valence-corrected chi connectivity index (χ3v) is 5.54. The molecular formula is C16H25NO4. The summed E-state index contributed by atoms with van der Waals surface area (Å²) in [6.45, 7) is 2.88. The van der Waals surface area contributed by atoms with Crippen molar-refractivity contribution >= 4 is 11.9 Å². The van der Waals surface area contributed by atoms with Crippen molar-refractivity contribution < 1.29 is 19.4 Å². The Labute approximate surface area is 125 Å². The summed E-state index contributed by atoms with van der Waals surface area (Å²) in [6.07, 6.45) is 5.40. The van der Waals surface area contributed by atoms with E-state index in [1.54, 1.807) is 0 Å². The van der Waals surface area contributed by atoms with Gasteiger partial charge in [0, 0.05) is 12.6 Å². The van der Waals surface area contributed by atoms with E-state index < -0.39 is 5.97 Å².